The third kappa shape index (κ3) is 8.44. The largest absolute Gasteiger partial charge is 0.391 e. The molecule has 0 aromatic rings. The molecule has 0 radical (unpaired) electrons. The molecule has 60 valence electrons. The molecule has 1 saturated heterocycles. The van der Waals surface area contributed by atoms with E-state index in [4.69, 9.17) is 9.84 Å². The molecule has 0 amide bonds. The van der Waals surface area contributed by atoms with Gasteiger partial charge in [-0.2, -0.15) is 0 Å². The van der Waals surface area contributed by atoms with Crippen molar-refractivity contribution in [3.63, 3.8) is 0 Å². The number of aliphatic hydroxyl groups excluding tert-OH is 1. The van der Waals surface area contributed by atoms with Crippen molar-refractivity contribution < 1.29 is 9.84 Å². The van der Waals surface area contributed by atoms with Crippen LogP contribution in [0.5, 0.6) is 0 Å². The summed E-state index contributed by atoms with van der Waals surface area (Å²) in [5.74, 6) is 0. The van der Waals surface area contributed by atoms with Crippen molar-refractivity contribution in [3.05, 3.63) is 0 Å². The summed E-state index contributed by atoms with van der Waals surface area (Å²) in [7, 11) is 2.22. The van der Waals surface area contributed by atoms with E-state index in [-0.39, 0.29) is 6.61 Å². The molecule has 1 aliphatic rings. The second kappa shape index (κ2) is 6.17. The number of aliphatic hydroxyl groups is 1. The average molecular weight is 180 g/mol. The predicted octanol–water partition coefficient (Wildman–Crippen LogP) is 0.976. The zero-order chi connectivity index (χ0) is 7.98. The SMILES string of the molecule is CCC1CO1.OCC(P)=S. The maximum absolute atomic E-state index is 7.98. The monoisotopic (exact) mass is 180 g/mol. The summed E-state index contributed by atoms with van der Waals surface area (Å²) in [5, 5.41) is 7.98. The van der Waals surface area contributed by atoms with Crippen LogP contribution in [0.15, 0.2) is 0 Å². The fraction of sp³-hybridized carbons (Fsp3) is 0.833. The number of rotatable bonds is 2. The van der Waals surface area contributed by atoms with E-state index in [2.05, 4.69) is 28.4 Å². The Morgan fingerprint density at radius 2 is 2.30 bits per heavy atom. The van der Waals surface area contributed by atoms with Gasteiger partial charge in [0.05, 0.1) is 19.3 Å². The summed E-state index contributed by atoms with van der Waals surface area (Å²) >= 11 is 4.41. The lowest BCUT2D eigenvalue weighted by atomic mass is 10.4. The highest BCUT2D eigenvalue weighted by molar-refractivity contribution is 7.89. The van der Waals surface area contributed by atoms with Crippen LogP contribution in [0, 0.1) is 0 Å². The maximum atomic E-state index is 7.98. The first-order valence-electron chi connectivity index (χ1n) is 3.21. The zero-order valence-electron chi connectivity index (χ0n) is 6.04. The van der Waals surface area contributed by atoms with Gasteiger partial charge in [0.25, 0.3) is 0 Å². The Hall–Kier alpha value is 0.440. The first-order chi connectivity index (χ1) is 4.70. The summed E-state index contributed by atoms with van der Waals surface area (Å²) in [6.07, 6.45) is 1.83. The quantitative estimate of drug-likeness (QED) is 0.390. The number of hydrogen-bond acceptors (Lipinski definition) is 3. The lowest BCUT2D eigenvalue weighted by Crippen LogP contribution is -1.85. The Bertz CT molecular complexity index is 104. The average Bonchev–Trinajstić information content (AvgIpc) is 2.70. The molecule has 2 unspecified atom stereocenters. The van der Waals surface area contributed by atoms with E-state index in [1.165, 1.54) is 6.42 Å². The lowest BCUT2D eigenvalue weighted by molar-refractivity contribution is 0.362. The second-order valence-corrected chi connectivity index (χ2v) is 3.63. The summed E-state index contributed by atoms with van der Waals surface area (Å²) in [6.45, 7) is 3.15. The van der Waals surface area contributed by atoms with E-state index < -0.39 is 0 Å². The van der Waals surface area contributed by atoms with Gasteiger partial charge < -0.3 is 9.84 Å². The van der Waals surface area contributed by atoms with E-state index in [1.807, 2.05) is 0 Å². The summed E-state index contributed by atoms with van der Waals surface area (Å²) in [6, 6.07) is 0. The number of thiocarbonyl (C=S) groups is 1. The van der Waals surface area contributed by atoms with Crippen LogP contribution in [0.1, 0.15) is 13.3 Å². The van der Waals surface area contributed by atoms with Gasteiger partial charge in [-0.1, -0.05) is 28.4 Å². The third-order valence-corrected chi connectivity index (χ3v) is 1.33. The highest BCUT2D eigenvalue weighted by Gasteiger charge is 2.18. The van der Waals surface area contributed by atoms with Crippen LogP contribution in [-0.4, -0.2) is 29.0 Å². The van der Waals surface area contributed by atoms with Crippen LogP contribution in [0.4, 0.5) is 0 Å². The Morgan fingerprint density at radius 1 is 1.90 bits per heavy atom. The Balaban J connectivity index is 0.000000162. The molecule has 1 fully saturated rings. The normalized spacial score (nSPS) is 20.9. The van der Waals surface area contributed by atoms with Gasteiger partial charge in [0.15, 0.2) is 0 Å². The van der Waals surface area contributed by atoms with Crippen LogP contribution in [-0.2, 0) is 4.74 Å². The molecule has 4 heteroatoms. The molecule has 1 rings (SSSR count). The van der Waals surface area contributed by atoms with Gasteiger partial charge in [-0.3, -0.25) is 0 Å². The molecule has 1 N–H and O–H groups in total. The van der Waals surface area contributed by atoms with Gasteiger partial charge in [0, 0.05) is 4.61 Å². The number of hydrogen-bond donors (Lipinski definition) is 1. The van der Waals surface area contributed by atoms with Gasteiger partial charge in [0.1, 0.15) is 0 Å². The standard InChI is InChI=1S/C4H8O.C2H5OPS/c1-2-4-3-5-4;3-1-2(4)5/h4H,2-3H2,1H3;3H,1,4H2. The van der Waals surface area contributed by atoms with Gasteiger partial charge in [-0.05, 0) is 6.42 Å². The third-order valence-electron chi connectivity index (χ3n) is 1.01. The molecule has 0 saturated carbocycles. The maximum Gasteiger partial charge on any atom is 0.0807 e. The minimum atomic E-state index is 0. The van der Waals surface area contributed by atoms with E-state index >= 15 is 0 Å². The molecule has 0 bridgehead atoms. The first-order valence-corrected chi connectivity index (χ1v) is 4.20. The molecule has 1 heterocycles. The van der Waals surface area contributed by atoms with E-state index in [9.17, 15) is 0 Å². The molecule has 2 atom stereocenters. The number of epoxide rings is 1. The number of ether oxygens (including phenoxy) is 1. The van der Waals surface area contributed by atoms with Crippen molar-refractivity contribution in [3.8, 4) is 0 Å². The molecular formula is C6H13O2PS. The van der Waals surface area contributed by atoms with Gasteiger partial charge in [-0.15, -0.1) is 0 Å². The van der Waals surface area contributed by atoms with Crippen LogP contribution >= 0.6 is 21.5 Å². The smallest absolute Gasteiger partial charge is 0.0807 e. The second-order valence-electron chi connectivity index (χ2n) is 1.99. The molecular weight excluding hydrogens is 167 g/mol. The zero-order valence-corrected chi connectivity index (χ0v) is 8.01. The highest BCUT2D eigenvalue weighted by Crippen LogP contribution is 2.10. The Labute approximate surface area is 69.2 Å². The van der Waals surface area contributed by atoms with Crippen LogP contribution in [0.3, 0.4) is 0 Å². The van der Waals surface area contributed by atoms with Crippen molar-refractivity contribution >= 4 is 26.1 Å². The van der Waals surface area contributed by atoms with Crippen LogP contribution in [0.2, 0.25) is 0 Å². The molecule has 1 aliphatic heterocycles. The molecule has 0 aliphatic carbocycles. The Morgan fingerprint density at radius 3 is 2.30 bits per heavy atom. The van der Waals surface area contributed by atoms with Gasteiger partial charge in [-0.25, -0.2) is 0 Å². The lowest BCUT2D eigenvalue weighted by Gasteiger charge is -1.76. The van der Waals surface area contributed by atoms with Crippen molar-refractivity contribution in [1.29, 1.82) is 0 Å². The molecule has 0 aromatic carbocycles. The van der Waals surface area contributed by atoms with Crippen LogP contribution in [0.25, 0.3) is 0 Å². The van der Waals surface area contributed by atoms with Crippen molar-refractivity contribution in [2.75, 3.05) is 13.2 Å². The fourth-order valence-corrected chi connectivity index (χ4v) is 0.304. The van der Waals surface area contributed by atoms with Crippen molar-refractivity contribution in [2.45, 2.75) is 19.4 Å². The van der Waals surface area contributed by atoms with Crippen molar-refractivity contribution in [1.82, 2.24) is 0 Å². The van der Waals surface area contributed by atoms with Crippen molar-refractivity contribution in [2.24, 2.45) is 0 Å². The van der Waals surface area contributed by atoms with Gasteiger partial charge >= 0.3 is 0 Å². The minimum absolute atomic E-state index is 0. The van der Waals surface area contributed by atoms with E-state index in [1.54, 1.807) is 0 Å². The first kappa shape index (κ1) is 10.4. The molecule has 0 aromatic heterocycles. The molecule has 2 nitrogen and oxygen atoms in total. The predicted molar refractivity (Wildman–Crippen MR) is 49.4 cm³/mol. The fourth-order valence-electron chi connectivity index (χ4n) is 0.304. The topological polar surface area (TPSA) is 32.8 Å². The highest BCUT2D eigenvalue weighted by atomic mass is 32.1. The van der Waals surface area contributed by atoms with Crippen LogP contribution < -0.4 is 0 Å². The minimum Gasteiger partial charge on any atom is -0.391 e. The van der Waals surface area contributed by atoms with E-state index in [0.29, 0.717) is 10.7 Å². The molecule has 0 spiro atoms. The summed E-state index contributed by atoms with van der Waals surface area (Å²) in [5.41, 5.74) is 0. The summed E-state index contributed by atoms with van der Waals surface area (Å²) < 4.78 is 5.42. The van der Waals surface area contributed by atoms with Gasteiger partial charge in [0.2, 0.25) is 0 Å². The summed E-state index contributed by atoms with van der Waals surface area (Å²) in [4.78, 5) is 0. The molecule has 10 heavy (non-hydrogen) atoms. The Kier molecular flexibility index (Phi) is 6.44. The van der Waals surface area contributed by atoms with E-state index in [0.717, 1.165) is 6.61 Å².